The van der Waals surface area contributed by atoms with Crippen molar-refractivity contribution in [3.8, 4) is 0 Å². The van der Waals surface area contributed by atoms with E-state index in [1.807, 2.05) is 0 Å². The summed E-state index contributed by atoms with van der Waals surface area (Å²) in [6, 6.07) is -0.417. The van der Waals surface area contributed by atoms with Crippen LogP contribution >= 0.6 is 11.8 Å². The van der Waals surface area contributed by atoms with Crippen molar-refractivity contribution < 1.29 is 13.2 Å². The molecule has 2 aliphatic rings. The zero-order chi connectivity index (χ0) is 14.3. The summed E-state index contributed by atoms with van der Waals surface area (Å²) in [5.41, 5.74) is -0.390. The number of fused-ring (bicyclic) bond motifs is 1. The first-order chi connectivity index (χ1) is 9.46. The SMILES string of the molecule is O=C(NC1CCS(=O)(=O)C1)c1cnc2n(c1=O)CCS2. The van der Waals surface area contributed by atoms with Gasteiger partial charge < -0.3 is 5.32 Å². The van der Waals surface area contributed by atoms with E-state index in [2.05, 4.69) is 10.3 Å². The number of rotatable bonds is 2. The van der Waals surface area contributed by atoms with Crippen molar-refractivity contribution in [2.24, 2.45) is 0 Å². The standard InChI is InChI=1S/C11H13N3O4S2/c15-9(13-7-1-4-20(17,18)6-7)8-5-12-11-14(10(8)16)2-3-19-11/h5,7H,1-4,6H2,(H,13,15). The number of carbonyl (C=O) groups is 1. The number of hydrogen-bond acceptors (Lipinski definition) is 6. The highest BCUT2D eigenvalue weighted by atomic mass is 32.2. The fourth-order valence-electron chi connectivity index (χ4n) is 2.35. The molecule has 108 valence electrons. The molecule has 1 atom stereocenters. The molecule has 0 bridgehead atoms. The second kappa shape index (κ2) is 4.88. The molecule has 0 saturated carbocycles. The normalized spacial score (nSPS) is 23.5. The molecule has 2 aliphatic heterocycles. The van der Waals surface area contributed by atoms with Gasteiger partial charge >= 0.3 is 0 Å². The summed E-state index contributed by atoms with van der Waals surface area (Å²) in [7, 11) is -3.06. The van der Waals surface area contributed by atoms with Crippen LogP contribution in [0.2, 0.25) is 0 Å². The van der Waals surface area contributed by atoms with E-state index in [0.717, 1.165) is 5.75 Å². The Morgan fingerprint density at radius 1 is 1.50 bits per heavy atom. The van der Waals surface area contributed by atoms with Crippen LogP contribution in [0.25, 0.3) is 0 Å². The Bertz CT molecular complexity index is 726. The lowest BCUT2D eigenvalue weighted by Crippen LogP contribution is -2.39. The number of thioether (sulfide) groups is 1. The van der Waals surface area contributed by atoms with E-state index in [0.29, 0.717) is 18.1 Å². The maximum absolute atomic E-state index is 12.1. The summed E-state index contributed by atoms with van der Waals surface area (Å²) in [4.78, 5) is 28.3. The first kappa shape index (κ1) is 13.6. The largest absolute Gasteiger partial charge is 0.348 e. The van der Waals surface area contributed by atoms with Gasteiger partial charge in [0.2, 0.25) is 0 Å². The smallest absolute Gasteiger partial charge is 0.267 e. The Balaban J connectivity index is 1.80. The highest BCUT2D eigenvalue weighted by molar-refractivity contribution is 7.99. The zero-order valence-corrected chi connectivity index (χ0v) is 12.2. The van der Waals surface area contributed by atoms with E-state index >= 15 is 0 Å². The van der Waals surface area contributed by atoms with Crippen LogP contribution in [0.3, 0.4) is 0 Å². The molecule has 1 aromatic heterocycles. The number of nitrogens with one attached hydrogen (secondary N) is 1. The van der Waals surface area contributed by atoms with Crippen molar-refractivity contribution in [2.45, 2.75) is 24.2 Å². The van der Waals surface area contributed by atoms with Gasteiger partial charge in [-0.1, -0.05) is 11.8 Å². The Morgan fingerprint density at radius 3 is 3.00 bits per heavy atom. The molecular weight excluding hydrogens is 302 g/mol. The Kier molecular flexibility index (Phi) is 3.33. The summed E-state index contributed by atoms with van der Waals surface area (Å²) in [6.45, 7) is 0.546. The van der Waals surface area contributed by atoms with Crippen LogP contribution in [0.1, 0.15) is 16.8 Å². The summed E-state index contributed by atoms with van der Waals surface area (Å²) in [6.07, 6.45) is 1.66. The number of sulfone groups is 1. The van der Waals surface area contributed by atoms with Gasteiger partial charge in [-0.15, -0.1) is 0 Å². The van der Waals surface area contributed by atoms with Crippen molar-refractivity contribution in [1.82, 2.24) is 14.9 Å². The third-order valence-electron chi connectivity index (χ3n) is 3.37. The number of amides is 1. The van der Waals surface area contributed by atoms with Crippen molar-refractivity contribution in [2.75, 3.05) is 17.3 Å². The monoisotopic (exact) mass is 315 g/mol. The molecule has 7 nitrogen and oxygen atoms in total. The van der Waals surface area contributed by atoms with Gasteiger partial charge in [-0.25, -0.2) is 13.4 Å². The Hall–Kier alpha value is -1.35. The molecule has 3 heterocycles. The summed E-state index contributed by atoms with van der Waals surface area (Å²) in [5, 5.41) is 3.22. The van der Waals surface area contributed by atoms with E-state index < -0.39 is 21.8 Å². The maximum atomic E-state index is 12.1. The molecule has 0 aliphatic carbocycles. The lowest BCUT2D eigenvalue weighted by Gasteiger charge is -2.11. The van der Waals surface area contributed by atoms with Gasteiger partial charge in [-0.2, -0.15) is 0 Å². The molecule has 1 amide bonds. The van der Waals surface area contributed by atoms with Crippen molar-refractivity contribution in [3.63, 3.8) is 0 Å². The first-order valence-corrected chi connectivity index (χ1v) is 9.01. The van der Waals surface area contributed by atoms with Crippen molar-refractivity contribution in [1.29, 1.82) is 0 Å². The number of nitrogens with zero attached hydrogens (tertiary/aromatic N) is 2. The van der Waals surface area contributed by atoms with E-state index in [1.54, 1.807) is 0 Å². The van der Waals surface area contributed by atoms with Gasteiger partial charge in [-0.05, 0) is 6.42 Å². The van der Waals surface area contributed by atoms with Crippen molar-refractivity contribution in [3.05, 3.63) is 22.1 Å². The van der Waals surface area contributed by atoms with Gasteiger partial charge in [-0.3, -0.25) is 14.2 Å². The van der Waals surface area contributed by atoms with Crippen LogP contribution in [0.5, 0.6) is 0 Å². The van der Waals surface area contributed by atoms with Crippen LogP contribution in [0.4, 0.5) is 0 Å². The summed E-state index contributed by atoms with van der Waals surface area (Å²) >= 11 is 1.48. The van der Waals surface area contributed by atoms with Crippen LogP contribution in [-0.4, -0.2) is 47.2 Å². The lowest BCUT2D eigenvalue weighted by molar-refractivity contribution is 0.0938. The average Bonchev–Trinajstić information content (AvgIpc) is 2.96. The van der Waals surface area contributed by atoms with E-state index in [9.17, 15) is 18.0 Å². The van der Waals surface area contributed by atoms with E-state index in [1.165, 1.54) is 22.5 Å². The predicted molar refractivity (Wildman–Crippen MR) is 73.7 cm³/mol. The quantitative estimate of drug-likeness (QED) is 0.722. The predicted octanol–water partition coefficient (Wildman–Crippen LogP) is -0.734. The van der Waals surface area contributed by atoms with Gasteiger partial charge in [0, 0.05) is 24.5 Å². The lowest BCUT2D eigenvalue weighted by atomic mass is 10.2. The highest BCUT2D eigenvalue weighted by Gasteiger charge is 2.30. The van der Waals surface area contributed by atoms with Crippen LogP contribution in [0.15, 0.2) is 16.1 Å². The summed E-state index contributed by atoms with van der Waals surface area (Å²) < 4.78 is 24.2. The average molecular weight is 315 g/mol. The van der Waals surface area contributed by atoms with Gasteiger partial charge in [0.05, 0.1) is 11.5 Å². The number of aromatic nitrogens is 2. The molecule has 1 saturated heterocycles. The van der Waals surface area contributed by atoms with Gasteiger partial charge in [0.1, 0.15) is 5.56 Å². The number of carbonyl (C=O) groups excluding carboxylic acids is 1. The first-order valence-electron chi connectivity index (χ1n) is 6.20. The molecule has 0 aromatic carbocycles. The summed E-state index contributed by atoms with van der Waals surface area (Å²) in [5.74, 6) is 0.246. The van der Waals surface area contributed by atoms with E-state index in [-0.39, 0.29) is 22.6 Å². The van der Waals surface area contributed by atoms with Crippen LogP contribution in [0, 0.1) is 0 Å². The minimum Gasteiger partial charge on any atom is -0.348 e. The van der Waals surface area contributed by atoms with E-state index in [4.69, 9.17) is 0 Å². The molecule has 1 unspecified atom stereocenters. The molecule has 3 rings (SSSR count). The molecule has 0 spiro atoms. The second-order valence-electron chi connectivity index (χ2n) is 4.83. The molecule has 1 N–H and O–H groups in total. The highest BCUT2D eigenvalue weighted by Crippen LogP contribution is 2.20. The fraction of sp³-hybridized carbons (Fsp3) is 0.545. The molecule has 20 heavy (non-hydrogen) atoms. The Labute approximate surface area is 119 Å². The third kappa shape index (κ3) is 2.47. The van der Waals surface area contributed by atoms with Gasteiger partial charge in [0.15, 0.2) is 15.0 Å². The molecule has 9 heteroatoms. The zero-order valence-electron chi connectivity index (χ0n) is 10.5. The maximum Gasteiger partial charge on any atom is 0.267 e. The van der Waals surface area contributed by atoms with Crippen LogP contribution in [-0.2, 0) is 16.4 Å². The van der Waals surface area contributed by atoms with Crippen molar-refractivity contribution >= 4 is 27.5 Å². The topological polar surface area (TPSA) is 98.1 Å². The van der Waals surface area contributed by atoms with Gasteiger partial charge in [0.25, 0.3) is 11.5 Å². The fourth-order valence-corrected chi connectivity index (χ4v) is 4.93. The second-order valence-corrected chi connectivity index (χ2v) is 8.12. The minimum atomic E-state index is -3.06. The third-order valence-corrected chi connectivity index (χ3v) is 6.11. The van der Waals surface area contributed by atoms with Crippen LogP contribution < -0.4 is 10.9 Å². The molecule has 0 radical (unpaired) electrons. The number of hydrogen-bond donors (Lipinski definition) is 1. The molecule has 1 aromatic rings. The minimum absolute atomic E-state index is 0.0273. The molecular formula is C11H13N3O4S2. The molecule has 1 fully saturated rings. The Morgan fingerprint density at radius 2 is 2.30 bits per heavy atom.